The Morgan fingerprint density at radius 3 is 2.50 bits per heavy atom. The predicted octanol–water partition coefficient (Wildman–Crippen LogP) is 1.59. The topological polar surface area (TPSA) is 72.8 Å². The van der Waals surface area contributed by atoms with Crippen molar-refractivity contribution in [2.45, 2.75) is 52.6 Å². The van der Waals surface area contributed by atoms with Crippen LogP contribution in [0.5, 0.6) is 0 Å². The van der Waals surface area contributed by atoms with Crippen LogP contribution in [0.1, 0.15) is 46.5 Å². The normalized spacial score (nSPS) is 18.9. The molecule has 5 heteroatoms. The number of urea groups is 1. The molecule has 1 heterocycles. The Hall–Kier alpha value is -0.810. The van der Waals surface area contributed by atoms with Crippen LogP contribution < -0.4 is 5.32 Å². The number of carbonyl (C=O) groups excluding carboxylic acids is 1. The van der Waals surface area contributed by atoms with E-state index < -0.39 is 0 Å². The van der Waals surface area contributed by atoms with Gasteiger partial charge in [-0.15, -0.1) is 0 Å². The van der Waals surface area contributed by atoms with E-state index in [9.17, 15) is 9.90 Å². The minimum Gasteiger partial charge on any atom is -0.396 e. The lowest BCUT2D eigenvalue weighted by atomic mass is 9.89. The molecule has 0 aromatic rings. The number of aliphatic hydroxyl groups excluding tert-OH is 2. The molecule has 118 valence electrons. The molecule has 0 radical (unpaired) electrons. The quantitative estimate of drug-likeness (QED) is 0.649. The van der Waals surface area contributed by atoms with Crippen molar-refractivity contribution in [3.8, 4) is 0 Å². The van der Waals surface area contributed by atoms with Gasteiger partial charge in [-0.2, -0.15) is 0 Å². The molecule has 1 saturated heterocycles. The zero-order chi connectivity index (χ0) is 15.2. The van der Waals surface area contributed by atoms with Crippen LogP contribution in [-0.2, 0) is 0 Å². The number of nitrogens with one attached hydrogen (secondary N) is 1. The molecule has 1 fully saturated rings. The van der Waals surface area contributed by atoms with Crippen LogP contribution in [0.3, 0.4) is 0 Å². The molecule has 1 aliphatic rings. The number of piperidine rings is 1. The first-order chi connectivity index (χ1) is 9.35. The van der Waals surface area contributed by atoms with Gasteiger partial charge in [0.2, 0.25) is 0 Å². The number of amides is 2. The van der Waals surface area contributed by atoms with Crippen LogP contribution in [0.25, 0.3) is 0 Å². The molecule has 1 aliphatic heterocycles. The Morgan fingerprint density at radius 2 is 2.00 bits per heavy atom. The molecule has 1 rings (SSSR count). The monoisotopic (exact) mass is 286 g/mol. The van der Waals surface area contributed by atoms with Crippen molar-refractivity contribution in [3.63, 3.8) is 0 Å². The Balaban J connectivity index is 2.18. The lowest BCUT2D eigenvalue weighted by molar-refractivity contribution is 0.0797. The van der Waals surface area contributed by atoms with E-state index in [1.165, 1.54) is 0 Å². The second-order valence-corrected chi connectivity index (χ2v) is 6.72. The molecule has 0 bridgehead atoms. The van der Waals surface area contributed by atoms with E-state index in [4.69, 9.17) is 5.11 Å². The van der Waals surface area contributed by atoms with Crippen molar-refractivity contribution in [2.24, 2.45) is 11.3 Å². The third-order valence-corrected chi connectivity index (χ3v) is 4.24. The van der Waals surface area contributed by atoms with E-state index in [1.807, 2.05) is 25.7 Å². The second-order valence-electron chi connectivity index (χ2n) is 6.72. The largest absolute Gasteiger partial charge is 0.396 e. The Morgan fingerprint density at radius 1 is 1.40 bits per heavy atom. The van der Waals surface area contributed by atoms with Gasteiger partial charge in [0.1, 0.15) is 0 Å². The molecule has 0 aromatic carbocycles. The van der Waals surface area contributed by atoms with Crippen molar-refractivity contribution < 1.29 is 15.0 Å². The maximum Gasteiger partial charge on any atom is 0.317 e. The molecule has 1 unspecified atom stereocenters. The molecule has 20 heavy (non-hydrogen) atoms. The van der Waals surface area contributed by atoms with E-state index in [-0.39, 0.29) is 24.2 Å². The smallest absolute Gasteiger partial charge is 0.317 e. The average molecular weight is 286 g/mol. The highest BCUT2D eigenvalue weighted by atomic mass is 16.3. The fourth-order valence-corrected chi connectivity index (χ4v) is 2.54. The molecular weight excluding hydrogens is 256 g/mol. The summed E-state index contributed by atoms with van der Waals surface area (Å²) in [5.74, 6) is 0.324. The van der Waals surface area contributed by atoms with Crippen LogP contribution in [-0.4, -0.2) is 53.5 Å². The van der Waals surface area contributed by atoms with E-state index in [2.05, 4.69) is 5.32 Å². The Labute approximate surface area is 122 Å². The van der Waals surface area contributed by atoms with Gasteiger partial charge < -0.3 is 20.4 Å². The molecule has 2 amide bonds. The van der Waals surface area contributed by atoms with E-state index in [0.29, 0.717) is 12.5 Å². The number of nitrogens with zero attached hydrogens (tertiary/aromatic N) is 1. The second kappa shape index (κ2) is 7.84. The summed E-state index contributed by atoms with van der Waals surface area (Å²) in [6.07, 6.45) is 3.25. The highest BCUT2D eigenvalue weighted by Gasteiger charge is 2.25. The van der Waals surface area contributed by atoms with Gasteiger partial charge in [0.25, 0.3) is 0 Å². The molecular formula is C15H30N2O3. The Kier molecular flexibility index (Phi) is 6.76. The van der Waals surface area contributed by atoms with Gasteiger partial charge in [0.15, 0.2) is 0 Å². The van der Waals surface area contributed by atoms with Crippen LogP contribution >= 0.6 is 0 Å². The summed E-state index contributed by atoms with van der Waals surface area (Å²) in [4.78, 5) is 13.8. The maximum atomic E-state index is 12.0. The van der Waals surface area contributed by atoms with Crippen LogP contribution in [0.15, 0.2) is 0 Å². The molecule has 0 aromatic heterocycles. The van der Waals surface area contributed by atoms with Gasteiger partial charge in [0.05, 0.1) is 6.10 Å². The first-order valence-corrected chi connectivity index (χ1v) is 7.67. The van der Waals surface area contributed by atoms with Crippen LogP contribution in [0.4, 0.5) is 4.79 Å². The number of aliphatic hydroxyl groups is 2. The summed E-state index contributed by atoms with van der Waals surface area (Å²) >= 11 is 0. The van der Waals surface area contributed by atoms with Gasteiger partial charge in [0, 0.05) is 26.2 Å². The van der Waals surface area contributed by atoms with Gasteiger partial charge in [-0.1, -0.05) is 13.8 Å². The van der Waals surface area contributed by atoms with Gasteiger partial charge in [-0.05, 0) is 43.9 Å². The number of hydrogen-bond donors (Lipinski definition) is 3. The first-order valence-electron chi connectivity index (χ1n) is 7.67. The van der Waals surface area contributed by atoms with Crippen molar-refractivity contribution in [2.75, 3.05) is 26.2 Å². The number of rotatable bonds is 6. The minimum atomic E-state index is -0.277. The first kappa shape index (κ1) is 17.2. The molecule has 3 N–H and O–H groups in total. The van der Waals surface area contributed by atoms with E-state index in [0.717, 1.165) is 38.8 Å². The average Bonchev–Trinajstić information content (AvgIpc) is 2.43. The predicted molar refractivity (Wildman–Crippen MR) is 79.5 cm³/mol. The summed E-state index contributed by atoms with van der Waals surface area (Å²) < 4.78 is 0. The van der Waals surface area contributed by atoms with Crippen LogP contribution in [0, 0.1) is 11.3 Å². The molecule has 0 spiro atoms. The van der Waals surface area contributed by atoms with Gasteiger partial charge in [-0.25, -0.2) is 4.79 Å². The van der Waals surface area contributed by atoms with Crippen molar-refractivity contribution in [1.29, 1.82) is 0 Å². The van der Waals surface area contributed by atoms with Crippen LogP contribution in [0.2, 0.25) is 0 Å². The standard InChI is InChI=1S/C15H30N2O3/c1-12(19)13-5-9-17(10-6-13)14(20)16-8-4-7-15(2,3)11-18/h12-13,18-19H,4-11H2,1-3H3,(H,16,20). The number of likely N-dealkylation sites (tertiary alicyclic amines) is 1. The highest BCUT2D eigenvalue weighted by molar-refractivity contribution is 5.74. The summed E-state index contributed by atoms with van der Waals surface area (Å²) in [7, 11) is 0. The zero-order valence-electron chi connectivity index (χ0n) is 13.1. The lowest BCUT2D eigenvalue weighted by Gasteiger charge is -2.33. The molecule has 0 saturated carbocycles. The van der Waals surface area contributed by atoms with E-state index in [1.54, 1.807) is 0 Å². The third kappa shape index (κ3) is 5.67. The van der Waals surface area contributed by atoms with Crippen molar-refractivity contribution in [3.05, 3.63) is 0 Å². The highest BCUT2D eigenvalue weighted by Crippen LogP contribution is 2.21. The summed E-state index contributed by atoms with van der Waals surface area (Å²) in [5, 5.41) is 21.6. The number of carbonyl (C=O) groups is 1. The summed E-state index contributed by atoms with van der Waals surface area (Å²) in [6, 6.07) is -0.00384. The zero-order valence-corrected chi connectivity index (χ0v) is 13.1. The SMILES string of the molecule is CC(O)C1CCN(C(=O)NCCCC(C)(C)CO)CC1. The van der Waals surface area contributed by atoms with Crippen molar-refractivity contribution >= 4 is 6.03 Å². The summed E-state index contributed by atoms with van der Waals surface area (Å²) in [6.45, 7) is 8.15. The Bertz CT molecular complexity index is 297. The minimum absolute atomic E-state index is 0.00384. The van der Waals surface area contributed by atoms with Gasteiger partial charge >= 0.3 is 6.03 Å². The lowest BCUT2D eigenvalue weighted by Crippen LogP contribution is -2.46. The third-order valence-electron chi connectivity index (χ3n) is 4.24. The van der Waals surface area contributed by atoms with Crippen molar-refractivity contribution in [1.82, 2.24) is 10.2 Å². The fourth-order valence-electron chi connectivity index (χ4n) is 2.54. The summed E-state index contributed by atoms with van der Waals surface area (Å²) in [5.41, 5.74) is -0.0691. The fraction of sp³-hybridized carbons (Fsp3) is 0.933. The molecule has 0 aliphatic carbocycles. The maximum absolute atomic E-state index is 12.0. The van der Waals surface area contributed by atoms with Gasteiger partial charge in [-0.3, -0.25) is 0 Å². The molecule has 1 atom stereocenters. The number of hydrogen-bond acceptors (Lipinski definition) is 3. The van der Waals surface area contributed by atoms with E-state index >= 15 is 0 Å². The molecule has 5 nitrogen and oxygen atoms in total.